The Kier molecular flexibility index (Phi) is 7.01. The van der Waals surface area contributed by atoms with Crippen LogP contribution < -0.4 is 5.32 Å². The number of nitrogens with one attached hydrogen (secondary N) is 1. The van der Waals surface area contributed by atoms with Gasteiger partial charge in [0.1, 0.15) is 6.04 Å². The number of benzene rings is 1. The monoisotopic (exact) mass is 308 g/mol. The highest BCUT2D eigenvalue weighted by molar-refractivity contribution is 5.97. The van der Waals surface area contributed by atoms with Crippen molar-refractivity contribution in [3.8, 4) is 0 Å². The summed E-state index contributed by atoms with van der Waals surface area (Å²) in [5.41, 5.74) is -0.128. The summed E-state index contributed by atoms with van der Waals surface area (Å²) < 4.78 is 0. The predicted octanol–water partition coefficient (Wildman–Crippen LogP) is 2.75. The molecule has 7 heteroatoms. The molecule has 1 atom stereocenters. The molecule has 0 radical (unpaired) electrons. The molecule has 0 aliphatic rings. The highest BCUT2D eigenvalue weighted by atomic mass is 16.6. The minimum atomic E-state index is -1.10. The molecular formula is C15H20N2O5. The number of carbonyl (C=O) groups is 2. The average molecular weight is 308 g/mol. The van der Waals surface area contributed by atoms with Crippen molar-refractivity contribution in [2.45, 2.75) is 45.1 Å². The van der Waals surface area contributed by atoms with Crippen LogP contribution in [0.2, 0.25) is 0 Å². The van der Waals surface area contributed by atoms with Crippen molar-refractivity contribution in [3.05, 3.63) is 39.9 Å². The largest absolute Gasteiger partial charge is 0.480 e. The van der Waals surface area contributed by atoms with Gasteiger partial charge in [0.25, 0.3) is 11.6 Å². The number of hydrogen-bond donors (Lipinski definition) is 2. The fraction of sp³-hybridized carbons (Fsp3) is 0.467. The summed E-state index contributed by atoms with van der Waals surface area (Å²) in [6.45, 7) is 2.05. The normalized spacial score (nSPS) is 11.7. The van der Waals surface area contributed by atoms with Crippen molar-refractivity contribution in [3.63, 3.8) is 0 Å². The number of aliphatic carboxylic acids is 1. The molecule has 0 bridgehead atoms. The molecule has 0 fully saturated rings. The second-order valence-electron chi connectivity index (χ2n) is 5.02. The van der Waals surface area contributed by atoms with E-state index in [1.807, 2.05) is 0 Å². The fourth-order valence-corrected chi connectivity index (χ4v) is 2.03. The van der Waals surface area contributed by atoms with E-state index in [-0.39, 0.29) is 11.3 Å². The highest BCUT2D eigenvalue weighted by Gasteiger charge is 2.21. The van der Waals surface area contributed by atoms with Gasteiger partial charge < -0.3 is 10.4 Å². The Balaban J connectivity index is 2.68. The van der Waals surface area contributed by atoms with Gasteiger partial charge in [-0.25, -0.2) is 4.79 Å². The van der Waals surface area contributed by atoms with Crippen LogP contribution in [0.25, 0.3) is 0 Å². The van der Waals surface area contributed by atoms with Crippen molar-refractivity contribution < 1.29 is 19.6 Å². The molecule has 0 aromatic heterocycles. The van der Waals surface area contributed by atoms with Crippen molar-refractivity contribution >= 4 is 17.6 Å². The van der Waals surface area contributed by atoms with Gasteiger partial charge in [-0.2, -0.15) is 0 Å². The lowest BCUT2D eigenvalue weighted by Crippen LogP contribution is -2.40. The molecule has 7 nitrogen and oxygen atoms in total. The third-order valence-corrected chi connectivity index (χ3v) is 3.27. The molecule has 1 aromatic rings. The molecule has 120 valence electrons. The zero-order valence-electron chi connectivity index (χ0n) is 12.4. The van der Waals surface area contributed by atoms with Crippen LogP contribution in [0.3, 0.4) is 0 Å². The third kappa shape index (κ3) is 5.51. The molecule has 2 N–H and O–H groups in total. The van der Waals surface area contributed by atoms with E-state index in [9.17, 15) is 19.7 Å². The van der Waals surface area contributed by atoms with Crippen LogP contribution in [0.1, 0.15) is 49.4 Å². The lowest BCUT2D eigenvalue weighted by molar-refractivity contribution is -0.384. The van der Waals surface area contributed by atoms with E-state index in [0.717, 1.165) is 25.3 Å². The first kappa shape index (κ1) is 17.6. The number of non-ortho nitro benzene ring substituents is 1. The number of carbonyl (C=O) groups excluding carboxylic acids is 1. The van der Waals surface area contributed by atoms with Gasteiger partial charge in [0.05, 0.1) is 4.92 Å². The third-order valence-electron chi connectivity index (χ3n) is 3.27. The summed E-state index contributed by atoms with van der Waals surface area (Å²) in [5, 5.41) is 22.2. The Labute approximate surface area is 128 Å². The van der Waals surface area contributed by atoms with E-state index in [1.54, 1.807) is 0 Å². The topological polar surface area (TPSA) is 110 Å². The van der Waals surface area contributed by atoms with Crippen LogP contribution in [-0.2, 0) is 4.79 Å². The Morgan fingerprint density at radius 3 is 2.64 bits per heavy atom. The number of nitrogens with zero attached hydrogens (tertiary/aromatic N) is 1. The second-order valence-corrected chi connectivity index (χ2v) is 5.02. The number of nitro benzene ring substituents is 1. The molecule has 0 saturated carbocycles. The molecule has 1 amide bonds. The Morgan fingerprint density at radius 1 is 1.32 bits per heavy atom. The minimum Gasteiger partial charge on any atom is -0.480 e. The highest BCUT2D eigenvalue weighted by Crippen LogP contribution is 2.13. The molecular weight excluding hydrogens is 288 g/mol. The van der Waals surface area contributed by atoms with Crippen molar-refractivity contribution in [2.24, 2.45) is 0 Å². The van der Waals surface area contributed by atoms with Crippen LogP contribution in [-0.4, -0.2) is 27.9 Å². The number of unbranched alkanes of at least 4 members (excludes halogenated alkanes) is 3. The first-order valence-electron chi connectivity index (χ1n) is 7.23. The number of amides is 1. The van der Waals surface area contributed by atoms with Gasteiger partial charge in [-0.1, -0.05) is 38.7 Å². The van der Waals surface area contributed by atoms with E-state index in [2.05, 4.69) is 12.2 Å². The molecule has 0 saturated heterocycles. The van der Waals surface area contributed by atoms with E-state index in [4.69, 9.17) is 5.11 Å². The molecule has 0 unspecified atom stereocenters. The summed E-state index contributed by atoms with van der Waals surface area (Å²) in [4.78, 5) is 33.3. The summed E-state index contributed by atoms with van der Waals surface area (Å²) in [5.74, 6) is -1.72. The number of hydrogen-bond acceptors (Lipinski definition) is 4. The SMILES string of the molecule is CCCCCC[C@H](NC(=O)c1cccc([N+](=O)[O-])c1)C(=O)O. The maximum atomic E-state index is 12.0. The number of nitro groups is 1. The lowest BCUT2D eigenvalue weighted by atomic mass is 10.1. The zero-order chi connectivity index (χ0) is 16.5. The molecule has 1 aromatic carbocycles. The molecule has 1 rings (SSSR count). The van der Waals surface area contributed by atoms with Crippen LogP contribution in [0.5, 0.6) is 0 Å². The predicted molar refractivity (Wildman–Crippen MR) is 80.7 cm³/mol. The maximum absolute atomic E-state index is 12.0. The summed E-state index contributed by atoms with van der Waals surface area (Å²) in [6, 6.07) is 4.23. The van der Waals surface area contributed by atoms with E-state index in [1.165, 1.54) is 18.2 Å². The quantitative estimate of drug-likeness (QED) is 0.414. The number of carboxylic acids is 1. The van der Waals surface area contributed by atoms with Crippen LogP contribution >= 0.6 is 0 Å². The Morgan fingerprint density at radius 2 is 2.05 bits per heavy atom. The molecule has 0 heterocycles. The van der Waals surface area contributed by atoms with Crippen LogP contribution in [0, 0.1) is 10.1 Å². The van der Waals surface area contributed by atoms with Crippen molar-refractivity contribution in [1.29, 1.82) is 0 Å². The van der Waals surface area contributed by atoms with Gasteiger partial charge in [0.2, 0.25) is 0 Å². The van der Waals surface area contributed by atoms with Gasteiger partial charge >= 0.3 is 5.97 Å². The number of carboxylic acid groups (broad SMARTS) is 1. The molecule has 0 aliphatic heterocycles. The van der Waals surface area contributed by atoms with Crippen molar-refractivity contribution in [2.75, 3.05) is 0 Å². The summed E-state index contributed by atoms with van der Waals surface area (Å²) >= 11 is 0. The van der Waals surface area contributed by atoms with E-state index < -0.39 is 22.8 Å². The first-order valence-corrected chi connectivity index (χ1v) is 7.23. The van der Waals surface area contributed by atoms with Gasteiger partial charge in [-0.05, 0) is 12.5 Å². The molecule has 0 aliphatic carbocycles. The minimum absolute atomic E-state index is 0.0778. The van der Waals surface area contributed by atoms with E-state index in [0.29, 0.717) is 12.8 Å². The van der Waals surface area contributed by atoms with Crippen molar-refractivity contribution in [1.82, 2.24) is 5.32 Å². The fourth-order valence-electron chi connectivity index (χ4n) is 2.03. The summed E-state index contributed by atoms with van der Waals surface area (Å²) in [7, 11) is 0. The van der Waals surface area contributed by atoms with Crippen LogP contribution in [0.15, 0.2) is 24.3 Å². The Hall–Kier alpha value is -2.44. The van der Waals surface area contributed by atoms with Gasteiger partial charge in [-0.15, -0.1) is 0 Å². The van der Waals surface area contributed by atoms with Gasteiger partial charge in [-0.3, -0.25) is 14.9 Å². The smallest absolute Gasteiger partial charge is 0.326 e. The lowest BCUT2D eigenvalue weighted by Gasteiger charge is -2.14. The van der Waals surface area contributed by atoms with Gasteiger partial charge in [0.15, 0.2) is 0 Å². The molecule has 0 spiro atoms. The first-order chi connectivity index (χ1) is 10.5. The average Bonchev–Trinajstić information content (AvgIpc) is 2.50. The standard InChI is InChI=1S/C15H20N2O5/c1-2-3-4-5-9-13(15(19)20)16-14(18)11-7-6-8-12(10-11)17(21)22/h6-8,10,13H,2-5,9H2,1H3,(H,16,18)(H,19,20)/t13-/m0/s1. The summed E-state index contributed by atoms with van der Waals surface area (Å²) in [6.07, 6.45) is 4.02. The second kappa shape index (κ2) is 8.76. The zero-order valence-corrected chi connectivity index (χ0v) is 12.4. The molecule has 22 heavy (non-hydrogen) atoms. The maximum Gasteiger partial charge on any atom is 0.326 e. The number of rotatable bonds is 9. The van der Waals surface area contributed by atoms with Gasteiger partial charge in [0, 0.05) is 17.7 Å². The Bertz CT molecular complexity index is 544. The van der Waals surface area contributed by atoms with Crippen LogP contribution in [0.4, 0.5) is 5.69 Å². The van der Waals surface area contributed by atoms with E-state index >= 15 is 0 Å².